The van der Waals surface area contributed by atoms with Crippen molar-refractivity contribution in [2.75, 3.05) is 25.1 Å². The minimum absolute atomic E-state index is 0.711. The highest BCUT2D eigenvalue weighted by atomic mass is 16.5. The maximum absolute atomic E-state index is 5.45. The van der Waals surface area contributed by atoms with Crippen molar-refractivity contribution in [3.05, 3.63) is 59.4 Å². The fourth-order valence-electron chi connectivity index (χ4n) is 3.51. The first-order valence-corrected chi connectivity index (χ1v) is 8.89. The number of methoxy groups -OCH3 is 1. The summed E-state index contributed by atoms with van der Waals surface area (Å²) in [6, 6.07) is 14.6. The molecule has 1 saturated heterocycles. The van der Waals surface area contributed by atoms with E-state index < -0.39 is 0 Å². The number of aryl methyl sites for hydroxylation is 1. The van der Waals surface area contributed by atoms with E-state index in [9.17, 15) is 0 Å². The quantitative estimate of drug-likeness (QED) is 0.719. The Morgan fingerprint density at radius 3 is 2.64 bits per heavy atom. The van der Waals surface area contributed by atoms with Crippen LogP contribution in [0, 0.1) is 6.92 Å². The molecular formula is C21H23N3O. The first-order valence-electron chi connectivity index (χ1n) is 8.89. The van der Waals surface area contributed by atoms with Crippen LogP contribution in [0.4, 0.5) is 5.82 Å². The van der Waals surface area contributed by atoms with Crippen molar-refractivity contribution in [2.45, 2.75) is 26.2 Å². The van der Waals surface area contributed by atoms with Gasteiger partial charge in [-0.2, -0.15) is 0 Å². The zero-order valence-corrected chi connectivity index (χ0v) is 14.8. The molecule has 0 spiro atoms. The molecule has 1 aliphatic rings. The fraction of sp³-hybridized carbons (Fsp3) is 0.333. The molecule has 0 amide bonds. The first-order chi connectivity index (χ1) is 12.2. The van der Waals surface area contributed by atoms with Crippen LogP contribution in [0.3, 0.4) is 0 Å². The summed E-state index contributed by atoms with van der Waals surface area (Å²) in [4.78, 5) is 12.1. The van der Waals surface area contributed by atoms with Crippen LogP contribution >= 0.6 is 0 Å². The van der Waals surface area contributed by atoms with Gasteiger partial charge < -0.3 is 9.64 Å². The second-order valence-electron chi connectivity index (χ2n) is 6.66. The first kappa shape index (κ1) is 15.9. The normalized spacial score (nSPS) is 14.2. The van der Waals surface area contributed by atoms with E-state index in [-0.39, 0.29) is 0 Å². The average molecular weight is 333 g/mol. The minimum atomic E-state index is 0.711. The summed E-state index contributed by atoms with van der Waals surface area (Å²) in [5, 5.41) is 1.15. The van der Waals surface area contributed by atoms with Gasteiger partial charge in [0.25, 0.3) is 0 Å². The Kier molecular flexibility index (Phi) is 4.26. The summed E-state index contributed by atoms with van der Waals surface area (Å²) in [6.07, 6.45) is 3.19. The lowest BCUT2D eigenvalue weighted by molar-refractivity contribution is 0.411. The van der Waals surface area contributed by atoms with Gasteiger partial charge in [0, 0.05) is 24.9 Å². The largest absolute Gasteiger partial charge is 0.496 e. The lowest BCUT2D eigenvalue weighted by Gasteiger charge is -2.19. The molecule has 3 aromatic rings. The number of nitrogens with zero attached hydrogens (tertiary/aromatic N) is 3. The summed E-state index contributed by atoms with van der Waals surface area (Å²) >= 11 is 0. The summed E-state index contributed by atoms with van der Waals surface area (Å²) in [5.74, 6) is 2.86. The predicted molar refractivity (Wildman–Crippen MR) is 102 cm³/mol. The highest BCUT2D eigenvalue weighted by Crippen LogP contribution is 2.28. The van der Waals surface area contributed by atoms with Gasteiger partial charge in [0.2, 0.25) is 0 Å². The van der Waals surface area contributed by atoms with Crippen LogP contribution in [0.2, 0.25) is 0 Å². The maximum atomic E-state index is 5.45. The van der Waals surface area contributed by atoms with Gasteiger partial charge in [0.05, 0.1) is 12.6 Å². The van der Waals surface area contributed by atoms with Gasteiger partial charge in [-0.1, -0.05) is 24.3 Å². The molecule has 1 fully saturated rings. The predicted octanol–water partition coefficient (Wildman–Crippen LogP) is 4.14. The van der Waals surface area contributed by atoms with Crippen LogP contribution in [-0.4, -0.2) is 30.2 Å². The number of anilines is 1. The van der Waals surface area contributed by atoms with E-state index in [0.717, 1.165) is 46.9 Å². The number of ether oxygens (including phenoxy) is 1. The number of hydrogen-bond acceptors (Lipinski definition) is 4. The molecule has 0 radical (unpaired) electrons. The van der Waals surface area contributed by atoms with Crippen LogP contribution in [-0.2, 0) is 6.42 Å². The molecule has 2 heterocycles. The van der Waals surface area contributed by atoms with Crippen LogP contribution in [0.15, 0.2) is 42.5 Å². The van der Waals surface area contributed by atoms with Crippen molar-refractivity contribution < 1.29 is 4.74 Å². The van der Waals surface area contributed by atoms with Gasteiger partial charge in [-0.15, -0.1) is 0 Å². The summed E-state index contributed by atoms with van der Waals surface area (Å²) < 4.78 is 5.45. The van der Waals surface area contributed by atoms with Gasteiger partial charge in [-0.05, 0) is 49.1 Å². The molecular weight excluding hydrogens is 310 g/mol. The van der Waals surface area contributed by atoms with Crippen LogP contribution in [0.5, 0.6) is 5.75 Å². The van der Waals surface area contributed by atoms with Crippen molar-refractivity contribution in [3.8, 4) is 5.75 Å². The van der Waals surface area contributed by atoms with Gasteiger partial charge in [0.15, 0.2) is 0 Å². The Balaban J connectivity index is 1.74. The summed E-state index contributed by atoms with van der Waals surface area (Å²) in [5.41, 5.74) is 3.34. The van der Waals surface area contributed by atoms with E-state index >= 15 is 0 Å². The Morgan fingerprint density at radius 2 is 1.84 bits per heavy atom. The number of aromatic nitrogens is 2. The van der Waals surface area contributed by atoms with Gasteiger partial charge in [0.1, 0.15) is 17.4 Å². The van der Waals surface area contributed by atoms with Gasteiger partial charge in [-0.25, -0.2) is 9.97 Å². The third-order valence-corrected chi connectivity index (χ3v) is 4.87. The molecule has 128 valence electrons. The lowest BCUT2D eigenvalue weighted by atomic mass is 10.1. The monoisotopic (exact) mass is 333 g/mol. The zero-order chi connectivity index (χ0) is 17.2. The van der Waals surface area contributed by atoms with E-state index in [4.69, 9.17) is 14.7 Å². The molecule has 4 heteroatoms. The third-order valence-electron chi connectivity index (χ3n) is 4.87. The molecule has 0 N–H and O–H groups in total. The number of benzene rings is 2. The summed E-state index contributed by atoms with van der Waals surface area (Å²) in [6.45, 7) is 4.22. The van der Waals surface area contributed by atoms with Crippen molar-refractivity contribution in [2.24, 2.45) is 0 Å². The highest BCUT2D eigenvalue weighted by Gasteiger charge is 2.18. The van der Waals surface area contributed by atoms with Crippen LogP contribution in [0.25, 0.3) is 10.9 Å². The van der Waals surface area contributed by atoms with Crippen molar-refractivity contribution in [1.82, 2.24) is 9.97 Å². The topological polar surface area (TPSA) is 38.2 Å². The molecule has 0 bridgehead atoms. The second kappa shape index (κ2) is 6.71. The zero-order valence-electron chi connectivity index (χ0n) is 14.8. The molecule has 2 aromatic carbocycles. The number of hydrogen-bond donors (Lipinski definition) is 0. The summed E-state index contributed by atoms with van der Waals surface area (Å²) in [7, 11) is 1.71. The molecule has 4 rings (SSSR count). The molecule has 4 nitrogen and oxygen atoms in total. The maximum Gasteiger partial charge on any atom is 0.140 e. The Hall–Kier alpha value is -2.62. The molecule has 0 unspecified atom stereocenters. The standard InChI is InChI=1S/C21H23N3O/c1-15-9-10-16(13-19(15)25-2)14-20-22-18-8-4-3-7-17(18)21(23-20)24-11-5-6-12-24/h3-4,7-10,13H,5-6,11-12,14H2,1-2H3. The average Bonchev–Trinajstić information content (AvgIpc) is 3.17. The van der Waals surface area contributed by atoms with E-state index in [2.05, 4.69) is 48.2 Å². The number of para-hydroxylation sites is 1. The van der Waals surface area contributed by atoms with Crippen LogP contribution in [0.1, 0.15) is 29.8 Å². The fourth-order valence-corrected chi connectivity index (χ4v) is 3.51. The minimum Gasteiger partial charge on any atom is -0.496 e. The Morgan fingerprint density at radius 1 is 1.04 bits per heavy atom. The Bertz CT molecular complexity index is 901. The molecule has 0 atom stereocenters. The van der Waals surface area contributed by atoms with Gasteiger partial charge >= 0.3 is 0 Å². The molecule has 0 aliphatic carbocycles. The Labute approximate surface area is 148 Å². The van der Waals surface area contributed by atoms with Crippen molar-refractivity contribution in [3.63, 3.8) is 0 Å². The number of rotatable bonds is 4. The smallest absolute Gasteiger partial charge is 0.140 e. The molecule has 0 saturated carbocycles. The van der Waals surface area contributed by atoms with Gasteiger partial charge in [-0.3, -0.25) is 0 Å². The van der Waals surface area contributed by atoms with E-state index in [1.807, 2.05) is 6.07 Å². The highest BCUT2D eigenvalue weighted by molar-refractivity contribution is 5.89. The lowest BCUT2D eigenvalue weighted by Crippen LogP contribution is -2.20. The third kappa shape index (κ3) is 3.16. The van der Waals surface area contributed by atoms with E-state index in [0.29, 0.717) is 6.42 Å². The van der Waals surface area contributed by atoms with Crippen molar-refractivity contribution >= 4 is 16.7 Å². The van der Waals surface area contributed by atoms with E-state index in [1.165, 1.54) is 18.4 Å². The van der Waals surface area contributed by atoms with Crippen molar-refractivity contribution in [1.29, 1.82) is 0 Å². The molecule has 1 aliphatic heterocycles. The molecule has 1 aromatic heterocycles. The molecule has 25 heavy (non-hydrogen) atoms. The van der Waals surface area contributed by atoms with E-state index in [1.54, 1.807) is 7.11 Å². The SMILES string of the molecule is COc1cc(Cc2nc(N3CCCC3)c3ccccc3n2)ccc1C. The number of fused-ring (bicyclic) bond motifs is 1. The van der Waals surface area contributed by atoms with Crippen LogP contribution < -0.4 is 9.64 Å². The second-order valence-corrected chi connectivity index (χ2v) is 6.66.